The van der Waals surface area contributed by atoms with Crippen molar-refractivity contribution >= 4 is 23.1 Å². The molecule has 0 amide bonds. The predicted octanol–water partition coefficient (Wildman–Crippen LogP) is 3.73. The summed E-state index contributed by atoms with van der Waals surface area (Å²) in [4.78, 5) is 4.74. The van der Waals surface area contributed by atoms with Crippen LogP contribution in [0.2, 0.25) is 5.02 Å². The fourth-order valence-electron chi connectivity index (χ4n) is 2.64. The second kappa shape index (κ2) is 7.63. The monoisotopic (exact) mass is 361 g/mol. The molecule has 0 atom stereocenters. The van der Waals surface area contributed by atoms with Gasteiger partial charge in [-0.1, -0.05) is 11.6 Å². The van der Waals surface area contributed by atoms with Gasteiger partial charge in [-0.2, -0.15) is 0 Å². The predicted molar refractivity (Wildman–Crippen MR) is 99.1 cm³/mol. The number of fused-ring (bicyclic) bond motifs is 1. The van der Waals surface area contributed by atoms with Crippen LogP contribution in [-0.4, -0.2) is 43.9 Å². The lowest BCUT2D eigenvalue weighted by Gasteiger charge is -2.11. The van der Waals surface area contributed by atoms with Crippen molar-refractivity contribution in [2.75, 3.05) is 39.8 Å². The van der Waals surface area contributed by atoms with Crippen LogP contribution in [0.15, 0.2) is 36.5 Å². The molecule has 7 heteroatoms. The van der Waals surface area contributed by atoms with Crippen molar-refractivity contribution < 1.29 is 14.2 Å². The third-order valence-electron chi connectivity index (χ3n) is 3.84. The van der Waals surface area contributed by atoms with Crippen LogP contribution in [0.1, 0.15) is 0 Å². The summed E-state index contributed by atoms with van der Waals surface area (Å²) < 4.78 is 17.8. The molecule has 1 aromatic carbocycles. The van der Waals surface area contributed by atoms with Crippen molar-refractivity contribution in [3.63, 3.8) is 0 Å². The van der Waals surface area contributed by atoms with Crippen LogP contribution in [-0.2, 0) is 4.74 Å². The minimum absolute atomic E-state index is 0.583. The molecular weight excluding hydrogens is 342 g/mol. The Bertz CT molecular complexity index is 879. The molecule has 0 spiro atoms. The van der Waals surface area contributed by atoms with Crippen LogP contribution in [0.4, 0.5) is 5.82 Å². The maximum absolute atomic E-state index is 6.16. The molecule has 6 nitrogen and oxygen atoms in total. The summed E-state index contributed by atoms with van der Waals surface area (Å²) in [5, 5.41) is 4.01. The first-order valence-corrected chi connectivity index (χ1v) is 8.18. The van der Waals surface area contributed by atoms with Crippen molar-refractivity contribution in [1.29, 1.82) is 0 Å². The number of methoxy groups -OCH3 is 3. The number of anilines is 1. The minimum Gasteiger partial charge on any atom is -0.493 e. The Balaban J connectivity index is 2.12. The molecule has 0 aliphatic carbocycles. The number of hydrogen-bond acceptors (Lipinski definition) is 5. The molecule has 25 heavy (non-hydrogen) atoms. The van der Waals surface area contributed by atoms with Gasteiger partial charge in [-0.3, -0.25) is 4.40 Å². The fraction of sp³-hybridized carbons (Fsp3) is 0.278. The van der Waals surface area contributed by atoms with Gasteiger partial charge in [0.25, 0.3) is 0 Å². The molecule has 0 saturated carbocycles. The van der Waals surface area contributed by atoms with Gasteiger partial charge in [0.1, 0.15) is 17.2 Å². The van der Waals surface area contributed by atoms with E-state index in [1.54, 1.807) is 21.3 Å². The van der Waals surface area contributed by atoms with E-state index < -0.39 is 0 Å². The molecule has 1 N–H and O–H groups in total. The molecule has 0 unspecified atom stereocenters. The topological polar surface area (TPSA) is 57.0 Å². The summed E-state index contributed by atoms with van der Waals surface area (Å²) in [6.45, 7) is 1.23. The highest BCUT2D eigenvalue weighted by Crippen LogP contribution is 2.35. The van der Waals surface area contributed by atoms with Crippen molar-refractivity contribution in [3.05, 3.63) is 41.6 Å². The summed E-state index contributed by atoms with van der Waals surface area (Å²) in [7, 11) is 4.90. The zero-order valence-corrected chi connectivity index (χ0v) is 15.1. The number of benzene rings is 1. The van der Waals surface area contributed by atoms with Crippen LogP contribution in [0.5, 0.6) is 11.5 Å². The third kappa shape index (κ3) is 3.50. The van der Waals surface area contributed by atoms with Gasteiger partial charge in [-0.25, -0.2) is 4.98 Å². The Labute approximate surface area is 151 Å². The van der Waals surface area contributed by atoms with Gasteiger partial charge in [0, 0.05) is 25.4 Å². The first-order valence-electron chi connectivity index (χ1n) is 7.80. The maximum Gasteiger partial charge on any atom is 0.161 e. The highest BCUT2D eigenvalue weighted by molar-refractivity contribution is 6.30. The molecule has 0 aliphatic rings. The Morgan fingerprint density at radius 2 is 1.88 bits per heavy atom. The molecule has 2 heterocycles. The number of hydrogen-bond donors (Lipinski definition) is 1. The first-order chi connectivity index (χ1) is 12.2. The molecule has 2 aromatic heterocycles. The molecule has 3 aromatic rings. The summed E-state index contributed by atoms with van der Waals surface area (Å²) in [5.41, 5.74) is 2.52. The highest BCUT2D eigenvalue weighted by atomic mass is 35.5. The lowest BCUT2D eigenvalue weighted by Crippen LogP contribution is -2.10. The number of imidazole rings is 1. The van der Waals surface area contributed by atoms with E-state index in [1.165, 1.54) is 0 Å². The molecule has 0 bridgehead atoms. The molecule has 132 valence electrons. The summed E-state index contributed by atoms with van der Waals surface area (Å²) in [5.74, 6) is 2.17. The normalized spacial score (nSPS) is 10.9. The van der Waals surface area contributed by atoms with Crippen LogP contribution in [0.3, 0.4) is 0 Å². The van der Waals surface area contributed by atoms with E-state index in [-0.39, 0.29) is 0 Å². The highest BCUT2D eigenvalue weighted by Gasteiger charge is 2.16. The second-order valence-electron chi connectivity index (χ2n) is 5.37. The van der Waals surface area contributed by atoms with Gasteiger partial charge in [0.15, 0.2) is 11.5 Å². The quantitative estimate of drug-likeness (QED) is 0.650. The number of pyridine rings is 1. The van der Waals surface area contributed by atoms with Gasteiger partial charge >= 0.3 is 0 Å². The summed E-state index contributed by atoms with van der Waals surface area (Å²) >= 11 is 6.16. The van der Waals surface area contributed by atoms with Gasteiger partial charge < -0.3 is 19.5 Å². The van der Waals surface area contributed by atoms with E-state index in [2.05, 4.69) is 5.32 Å². The van der Waals surface area contributed by atoms with Crippen molar-refractivity contribution in [3.8, 4) is 22.8 Å². The van der Waals surface area contributed by atoms with Crippen molar-refractivity contribution in [2.24, 2.45) is 0 Å². The lowest BCUT2D eigenvalue weighted by molar-refractivity contribution is 0.210. The van der Waals surface area contributed by atoms with E-state index in [0.717, 1.165) is 22.7 Å². The number of ether oxygens (including phenoxy) is 3. The molecular formula is C18H20ClN3O3. The molecule has 0 saturated heterocycles. The Kier molecular flexibility index (Phi) is 5.31. The zero-order chi connectivity index (χ0) is 17.8. The van der Waals surface area contributed by atoms with E-state index in [0.29, 0.717) is 29.7 Å². The van der Waals surface area contributed by atoms with Gasteiger partial charge in [-0.15, -0.1) is 0 Å². The number of rotatable bonds is 7. The van der Waals surface area contributed by atoms with Gasteiger partial charge in [0.05, 0.1) is 25.8 Å². The average molecular weight is 362 g/mol. The Morgan fingerprint density at radius 1 is 1.08 bits per heavy atom. The van der Waals surface area contributed by atoms with Crippen molar-refractivity contribution in [2.45, 2.75) is 0 Å². The average Bonchev–Trinajstić information content (AvgIpc) is 2.99. The third-order valence-corrected chi connectivity index (χ3v) is 4.06. The second-order valence-corrected chi connectivity index (χ2v) is 5.81. The smallest absolute Gasteiger partial charge is 0.161 e. The van der Waals surface area contributed by atoms with E-state index in [1.807, 2.05) is 40.9 Å². The van der Waals surface area contributed by atoms with Crippen LogP contribution >= 0.6 is 11.6 Å². The lowest BCUT2D eigenvalue weighted by atomic mass is 10.1. The van der Waals surface area contributed by atoms with Crippen molar-refractivity contribution in [1.82, 2.24) is 9.38 Å². The van der Waals surface area contributed by atoms with E-state index >= 15 is 0 Å². The Hall–Kier alpha value is -2.44. The zero-order valence-electron chi connectivity index (χ0n) is 14.4. The summed E-state index contributed by atoms with van der Waals surface area (Å²) in [6, 6.07) is 9.43. The fourth-order valence-corrected chi connectivity index (χ4v) is 2.80. The number of halogens is 1. The summed E-state index contributed by atoms with van der Waals surface area (Å²) in [6.07, 6.45) is 1.84. The van der Waals surface area contributed by atoms with Crippen LogP contribution in [0.25, 0.3) is 16.9 Å². The van der Waals surface area contributed by atoms with Crippen LogP contribution in [0, 0.1) is 0 Å². The Morgan fingerprint density at radius 3 is 2.60 bits per heavy atom. The first kappa shape index (κ1) is 17.4. The van der Waals surface area contributed by atoms with Gasteiger partial charge in [0.2, 0.25) is 0 Å². The maximum atomic E-state index is 6.16. The molecule has 3 rings (SSSR count). The number of aromatic nitrogens is 2. The number of nitrogens with one attached hydrogen (secondary N) is 1. The number of nitrogens with zero attached hydrogens (tertiary/aromatic N) is 2. The molecule has 0 fully saturated rings. The SMILES string of the molecule is COCCNc1c(-c2ccc(OC)c(OC)c2)nc2ccc(Cl)cn12. The standard InChI is InChI=1S/C18H20ClN3O3/c1-23-9-8-20-18-17(21-16-7-5-13(19)11-22(16)18)12-4-6-14(24-2)15(10-12)25-3/h4-7,10-11,20H,8-9H2,1-3H3. The van der Waals surface area contributed by atoms with E-state index in [4.69, 9.17) is 30.8 Å². The molecule has 0 aliphatic heterocycles. The van der Waals surface area contributed by atoms with Gasteiger partial charge in [-0.05, 0) is 30.3 Å². The molecule has 0 radical (unpaired) electrons. The van der Waals surface area contributed by atoms with E-state index in [9.17, 15) is 0 Å². The van der Waals surface area contributed by atoms with Crippen LogP contribution < -0.4 is 14.8 Å². The largest absolute Gasteiger partial charge is 0.493 e. The minimum atomic E-state index is 0.583.